The van der Waals surface area contributed by atoms with E-state index in [1.165, 1.54) is 18.9 Å². The predicted molar refractivity (Wildman–Crippen MR) is 107 cm³/mol. The maximum Gasteiger partial charge on any atom is 0.404 e. The van der Waals surface area contributed by atoms with Crippen LogP contribution < -0.4 is 16.8 Å². The summed E-state index contributed by atoms with van der Waals surface area (Å²) in [5.74, 6) is -1.45. The Morgan fingerprint density at radius 1 is 1.30 bits per heavy atom. The number of allylic oxidation sites excluding steroid dienone is 2. The van der Waals surface area contributed by atoms with Crippen LogP contribution in [0.2, 0.25) is 0 Å². The highest BCUT2D eigenvalue weighted by molar-refractivity contribution is 8.04. The molecule has 4 atom stereocenters. The van der Waals surface area contributed by atoms with Crippen LogP contribution in [0.3, 0.4) is 0 Å². The Morgan fingerprint density at radius 3 is 2.70 bits per heavy atom. The zero-order chi connectivity index (χ0) is 21.2. The van der Waals surface area contributed by atoms with Gasteiger partial charge in [-0.25, -0.2) is 4.79 Å². The average Bonchev–Trinajstić information content (AvgIpc) is 3.35. The predicted octanol–water partition coefficient (Wildman–Crippen LogP) is 0.0787. The lowest BCUT2D eigenvalue weighted by Crippen LogP contribution is -2.55. The molecule has 10 heteroatoms. The Morgan fingerprint density at radius 2 is 2.03 bits per heavy atom. The smallest absolute Gasteiger partial charge is 0.404 e. The van der Waals surface area contributed by atoms with Gasteiger partial charge in [0.15, 0.2) is 5.72 Å². The number of nitrogens with zero attached hydrogens (tertiary/aromatic N) is 1. The molecule has 2 fully saturated rings. The van der Waals surface area contributed by atoms with Gasteiger partial charge in [0, 0.05) is 30.2 Å². The summed E-state index contributed by atoms with van der Waals surface area (Å²) in [5.41, 5.74) is 10.7. The molecule has 1 aliphatic carbocycles. The molecule has 0 aromatic heterocycles. The van der Waals surface area contributed by atoms with Crippen LogP contribution in [0.5, 0.6) is 0 Å². The van der Waals surface area contributed by atoms with E-state index in [-0.39, 0.29) is 46.3 Å². The van der Waals surface area contributed by atoms with Crippen molar-refractivity contribution in [3.8, 4) is 0 Å². The molecule has 0 saturated carbocycles. The van der Waals surface area contributed by atoms with Crippen molar-refractivity contribution in [2.45, 2.75) is 22.7 Å². The summed E-state index contributed by atoms with van der Waals surface area (Å²) in [5, 5.41) is 3.31. The number of piperazine rings is 1. The second-order valence-electron chi connectivity index (χ2n) is 7.58. The fourth-order valence-electron chi connectivity index (χ4n) is 4.88. The van der Waals surface area contributed by atoms with Crippen LogP contribution in [0.25, 0.3) is 0 Å². The highest BCUT2D eigenvalue weighted by Gasteiger charge is 2.72. The number of ketones is 2. The lowest BCUT2D eigenvalue weighted by atomic mass is 9.84. The topological polar surface area (TPSA) is 147 Å². The summed E-state index contributed by atoms with van der Waals surface area (Å²) < 4.78 is 11.0. The van der Waals surface area contributed by atoms with Gasteiger partial charge in [-0.05, 0) is 12.1 Å². The molecule has 3 heterocycles. The SMILES string of the molecule is CO[C@@]12[C@H](COC(N)=O)C3=C(C(=O)C(Sc4ccccc4)=C(N)C3=O)N1C[C@@H]1N[C@@H]12. The van der Waals surface area contributed by atoms with Gasteiger partial charge >= 0.3 is 6.09 Å². The van der Waals surface area contributed by atoms with Crippen molar-refractivity contribution >= 4 is 29.4 Å². The molecule has 2 saturated heterocycles. The molecular formula is C20H20N4O5S. The molecule has 0 radical (unpaired) electrons. The fourth-order valence-corrected chi connectivity index (χ4v) is 5.80. The summed E-state index contributed by atoms with van der Waals surface area (Å²) in [4.78, 5) is 41.0. The number of hydrogen-bond acceptors (Lipinski definition) is 9. The number of methoxy groups -OCH3 is 1. The first kappa shape index (κ1) is 19.2. The van der Waals surface area contributed by atoms with Crippen LogP contribution in [0.4, 0.5) is 4.79 Å². The van der Waals surface area contributed by atoms with E-state index in [9.17, 15) is 14.4 Å². The van der Waals surface area contributed by atoms with E-state index in [4.69, 9.17) is 20.9 Å². The van der Waals surface area contributed by atoms with Gasteiger partial charge in [0.25, 0.3) is 0 Å². The number of fused-ring (bicyclic) bond motifs is 4. The quantitative estimate of drug-likeness (QED) is 0.438. The van der Waals surface area contributed by atoms with Crippen molar-refractivity contribution in [2.24, 2.45) is 17.4 Å². The second kappa shape index (κ2) is 6.59. The van der Waals surface area contributed by atoms with E-state index in [1.54, 1.807) is 0 Å². The molecule has 5 rings (SSSR count). The molecule has 1 aromatic carbocycles. The molecule has 30 heavy (non-hydrogen) atoms. The molecule has 3 aliphatic heterocycles. The van der Waals surface area contributed by atoms with Crippen molar-refractivity contribution < 1.29 is 23.9 Å². The summed E-state index contributed by atoms with van der Waals surface area (Å²) in [6, 6.07) is 9.29. The molecule has 9 nitrogen and oxygen atoms in total. The first-order chi connectivity index (χ1) is 14.4. The minimum absolute atomic E-state index is 0.0957. The third-order valence-corrected chi connectivity index (χ3v) is 7.26. The van der Waals surface area contributed by atoms with Gasteiger partial charge in [0.1, 0.15) is 6.61 Å². The Balaban J connectivity index is 1.58. The van der Waals surface area contributed by atoms with Gasteiger partial charge in [-0.1, -0.05) is 30.0 Å². The van der Waals surface area contributed by atoms with Gasteiger partial charge in [0.05, 0.1) is 28.3 Å². The van der Waals surface area contributed by atoms with Crippen LogP contribution >= 0.6 is 11.8 Å². The Labute approximate surface area is 176 Å². The summed E-state index contributed by atoms with van der Waals surface area (Å²) in [6.45, 7) is 0.323. The zero-order valence-electron chi connectivity index (χ0n) is 16.1. The largest absolute Gasteiger partial charge is 0.449 e. The van der Waals surface area contributed by atoms with E-state index in [0.717, 1.165) is 4.90 Å². The Hall–Kier alpha value is -2.82. The Bertz CT molecular complexity index is 1040. The van der Waals surface area contributed by atoms with E-state index in [1.807, 2.05) is 35.2 Å². The molecule has 1 amide bonds. The molecule has 0 unspecified atom stereocenters. The van der Waals surface area contributed by atoms with E-state index in [2.05, 4.69) is 5.32 Å². The van der Waals surface area contributed by atoms with Gasteiger partial charge < -0.3 is 31.2 Å². The molecule has 0 spiro atoms. The summed E-state index contributed by atoms with van der Waals surface area (Å²) in [7, 11) is 1.52. The number of benzene rings is 1. The van der Waals surface area contributed by atoms with E-state index in [0.29, 0.717) is 6.54 Å². The van der Waals surface area contributed by atoms with Crippen molar-refractivity contribution in [1.82, 2.24) is 10.2 Å². The summed E-state index contributed by atoms with van der Waals surface area (Å²) in [6.07, 6.45) is -0.960. The van der Waals surface area contributed by atoms with Gasteiger partial charge in [-0.2, -0.15) is 0 Å². The monoisotopic (exact) mass is 428 g/mol. The highest BCUT2D eigenvalue weighted by Crippen LogP contribution is 2.56. The van der Waals surface area contributed by atoms with Crippen LogP contribution in [-0.2, 0) is 19.1 Å². The second-order valence-corrected chi connectivity index (χ2v) is 8.66. The number of ether oxygens (including phenoxy) is 2. The number of rotatable bonds is 5. The first-order valence-electron chi connectivity index (χ1n) is 9.47. The Kier molecular flexibility index (Phi) is 4.21. The third kappa shape index (κ3) is 2.47. The molecule has 156 valence electrons. The van der Waals surface area contributed by atoms with Crippen molar-refractivity contribution in [3.05, 3.63) is 52.2 Å². The number of nitrogens with one attached hydrogen (secondary N) is 1. The fraction of sp³-hybridized carbons (Fsp3) is 0.350. The average molecular weight is 428 g/mol. The number of amides is 1. The molecule has 1 aromatic rings. The highest BCUT2D eigenvalue weighted by atomic mass is 32.2. The van der Waals surface area contributed by atoms with Crippen molar-refractivity contribution in [2.75, 3.05) is 20.3 Å². The number of Topliss-reactive ketones (excluding diaryl/α,β-unsaturated/α-hetero) is 2. The molecule has 0 bridgehead atoms. The lowest BCUT2D eigenvalue weighted by molar-refractivity contribution is -0.137. The summed E-state index contributed by atoms with van der Waals surface area (Å²) >= 11 is 1.17. The van der Waals surface area contributed by atoms with E-state index >= 15 is 0 Å². The lowest BCUT2D eigenvalue weighted by Gasteiger charge is -2.39. The number of nitrogens with two attached hydrogens (primary N) is 2. The zero-order valence-corrected chi connectivity index (χ0v) is 16.9. The maximum absolute atomic E-state index is 13.6. The van der Waals surface area contributed by atoms with Gasteiger partial charge in [0.2, 0.25) is 11.6 Å². The van der Waals surface area contributed by atoms with Crippen molar-refractivity contribution in [3.63, 3.8) is 0 Å². The number of carbonyl (C=O) groups excluding carboxylic acids is 3. The van der Waals surface area contributed by atoms with Crippen LogP contribution in [0, 0.1) is 5.92 Å². The normalized spacial score (nSPS) is 31.6. The number of hydrogen-bond donors (Lipinski definition) is 3. The minimum Gasteiger partial charge on any atom is -0.449 e. The minimum atomic E-state index is -1.01. The number of primary amides is 1. The molecule has 5 N–H and O–H groups in total. The molecule has 4 aliphatic rings. The van der Waals surface area contributed by atoms with Gasteiger partial charge in [-0.15, -0.1) is 0 Å². The molecular weight excluding hydrogens is 408 g/mol. The van der Waals surface area contributed by atoms with Crippen LogP contribution in [0.1, 0.15) is 0 Å². The van der Waals surface area contributed by atoms with E-state index < -0.39 is 23.5 Å². The first-order valence-corrected chi connectivity index (χ1v) is 10.3. The maximum atomic E-state index is 13.6. The van der Waals surface area contributed by atoms with Crippen molar-refractivity contribution in [1.29, 1.82) is 0 Å². The standard InChI is InChI=1S/C20H20N4O5S/c1-28-20-10(8-29-19(22)27)12-14(24(20)7-11-18(20)23-11)16(26)17(13(21)15(12)25)30-9-5-3-2-4-6-9/h2-6,10-11,18,23H,7-8,21H2,1H3,(H2,22,27)/t10-,11+,18+,20-/m1/s1. The van der Waals surface area contributed by atoms with Gasteiger partial charge in [-0.3, -0.25) is 9.59 Å². The third-order valence-electron chi connectivity index (χ3n) is 6.14. The van der Waals surface area contributed by atoms with Crippen LogP contribution in [0.15, 0.2) is 57.1 Å². The number of carbonyl (C=O) groups is 3. The number of thioether (sulfide) groups is 1. The van der Waals surface area contributed by atoms with Crippen LogP contribution in [-0.4, -0.2) is 60.6 Å².